The number of unbranched alkanes of at least 4 members (excludes halogenated alkanes) is 3. The minimum Gasteiger partial charge on any atom is -0.481 e. The number of aliphatic imine (C=N–C) groups is 1. The molecule has 4 N–H and O–H groups in total. The van der Waals surface area contributed by atoms with Crippen LogP contribution in [0.3, 0.4) is 0 Å². The minimum absolute atomic E-state index is 0.0226. The Morgan fingerprint density at radius 2 is 1.85 bits per heavy atom. The second kappa shape index (κ2) is 10.5. The van der Waals surface area contributed by atoms with E-state index in [2.05, 4.69) is 9.83 Å². The van der Waals surface area contributed by atoms with Crippen molar-refractivity contribution in [2.75, 3.05) is 6.61 Å². The highest BCUT2D eigenvalue weighted by atomic mass is 16.9. The number of carbonyl (C=O) groups is 2. The van der Waals surface area contributed by atoms with Gasteiger partial charge >= 0.3 is 11.9 Å². The lowest BCUT2D eigenvalue weighted by molar-refractivity contribution is -0.757. The van der Waals surface area contributed by atoms with Crippen molar-refractivity contribution in [1.29, 1.82) is 0 Å². The highest BCUT2D eigenvalue weighted by Gasteiger charge is 2.54. The molecule has 0 fully saturated rings. The number of hydrogen-bond donors (Lipinski definition) is 3. The van der Waals surface area contributed by atoms with E-state index in [0.717, 1.165) is 6.07 Å². The smallest absolute Gasteiger partial charge is 0.335 e. The number of hydrogen-bond acceptors (Lipinski definition) is 9. The van der Waals surface area contributed by atoms with Crippen molar-refractivity contribution in [2.24, 2.45) is 16.1 Å². The Balaban J connectivity index is 2.45. The monoisotopic (exact) mass is 464 g/mol. The highest BCUT2D eigenvalue weighted by molar-refractivity contribution is 6.10. The number of nitro groups is 1. The standard InChI is InChI=1S/C20H24N4O9/c1-12-20(19(27)28,9-4-2-3-5-10-33-24(31)32)16(15(18(25)26)17(21)22-12)13-7-6-8-14(11-13)23(29)30/h6-8,11,16H,2-5,9-10,21H2,1H3,(H,25,26)(H,27,28). The molecule has 0 bridgehead atoms. The van der Waals surface area contributed by atoms with Gasteiger partial charge in [0, 0.05) is 23.8 Å². The molecule has 33 heavy (non-hydrogen) atoms. The Bertz CT molecular complexity index is 1020. The Kier molecular flexibility index (Phi) is 8.05. The molecule has 2 atom stereocenters. The summed E-state index contributed by atoms with van der Waals surface area (Å²) < 4.78 is 0. The molecule has 178 valence electrons. The van der Waals surface area contributed by atoms with Crippen molar-refractivity contribution >= 4 is 23.3 Å². The Morgan fingerprint density at radius 1 is 1.18 bits per heavy atom. The fourth-order valence-corrected chi connectivity index (χ4v) is 4.15. The van der Waals surface area contributed by atoms with E-state index in [1.54, 1.807) is 0 Å². The van der Waals surface area contributed by atoms with Crippen LogP contribution in [0.4, 0.5) is 5.69 Å². The van der Waals surface area contributed by atoms with Crippen LogP contribution in [0.2, 0.25) is 0 Å². The fraction of sp³-hybridized carbons (Fsp3) is 0.450. The van der Waals surface area contributed by atoms with Gasteiger partial charge in [-0.3, -0.25) is 14.9 Å². The van der Waals surface area contributed by atoms with E-state index in [1.165, 1.54) is 25.1 Å². The van der Waals surface area contributed by atoms with E-state index in [4.69, 9.17) is 5.73 Å². The van der Waals surface area contributed by atoms with Gasteiger partial charge in [0.1, 0.15) is 11.2 Å². The van der Waals surface area contributed by atoms with Crippen molar-refractivity contribution < 1.29 is 34.6 Å². The van der Waals surface area contributed by atoms with Gasteiger partial charge in [-0.05, 0) is 25.3 Å². The number of carboxylic acids is 2. The second-order valence-electron chi connectivity index (χ2n) is 7.58. The molecule has 0 amide bonds. The van der Waals surface area contributed by atoms with Crippen LogP contribution in [0.1, 0.15) is 50.5 Å². The van der Waals surface area contributed by atoms with Gasteiger partial charge in [0.05, 0.1) is 17.1 Å². The highest BCUT2D eigenvalue weighted by Crippen LogP contribution is 2.50. The van der Waals surface area contributed by atoms with Gasteiger partial charge in [0.25, 0.3) is 10.8 Å². The SMILES string of the molecule is CC1=NC(N)=C(C(=O)O)C(c2cccc([N+](=O)[O-])c2)C1(CCCCCCO[N+](=O)[O-])C(=O)O. The maximum absolute atomic E-state index is 12.6. The summed E-state index contributed by atoms with van der Waals surface area (Å²) in [6.07, 6.45) is 1.70. The van der Waals surface area contributed by atoms with Gasteiger partial charge in [0.15, 0.2) is 0 Å². The van der Waals surface area contributed by atoms with E-state index < -0.39 is 38.9 Å². The second-order valence-corrected chi connectivity index (χ2v) is 7.58. The number of nitrogens with two attached hydrogens (primary N) is 1. The third kappa shape index (κ3) is 5.42. The van der Waals surface area contributed by atoms with E-state index in [9.17, 15) is 40.0 Å². The number of non-ortho nitro benzene ring substituents is 1. The molecule has 2 unspecified atom stereocenters. The first kappa shape index (κ1) is 25.2. The zero-order valence-electron chi connectivity index (χ0n) is 17.8. The Morgan fingerprint density at radius 3 is 2.42 bits per heavy atom. The van der Waals surface area contributed by atoms with E-state index in [1.807, 2.05) is 0 Å². The van der Waals surface area contributed by atoms with Crippen LogP contribution in [0.15, 0.2) is 40.7 Å². The van der Waals surface area contributed by atoms with Gasteiger partial charge < -0.3 is 20.8 Å². The average molecular weight is 464 g/mol. The minimum atomic E-state index is -1.80. The van der Waals surface area contributed by atoms with Gasteiger partial charge in [-0.25, -0.2) is 9.79 Å². The summed E-state index contributed by atoms with van der Waals surface area (Å²) in [5.41, 5.74) is 3.52. The fourth-order valence-electron chi connectivity index (χ4n) is 4.15. The lowest BCUT2D eigenvalue weighted by Gasteiger charge is -2.40. The van der Waals surface area contributed by atoms with Crippen LogP contribution in [-0.4, -0.2) is 44.5 Å². The van der Waals surface area contributed by atoms with E-state index >= 15 is 0 Å². The summed E-state index contributed by atoms with van der Waals surface area (Å²) in [6, 6.07) is 5.15. The topological polar surface area (TPSA) is 208 Å². The molecule has 13 nitrogen and oxygen atoms in total. The van der Waals surface area contributed by atoms with E-state index in [-0.39, 0.29) is 35.8 Å². The first-order chi connectivity index (χ1) is 15.5. The quantitative estimate of drug-likeness (QED) is 0.234. The molecule has 0 aliphatic carbocycles. The molecule has 0 radical (unpaired) electrons. The van der Waals surface area contributed by atoms with Crippen molar-refractivity contribution in [3.8, 4) is 0 Å². The zero-order chi connectivity index (χ0) is 24.8. The molecule has 0 saturated carbocycles. The summed E-state index contributed by atoms with van der Waals surface area (Å²) >= 11 is 0. The lowest BCUT2D eigenvalue weighted by atomic mass is 9.62. The number of aliphatic carboxylic acids is 2. The van der Waals surface area contributed by atoms with Crippen LogP contribution < -0.4 is 5.73 Å². The molecule has 1 heterocycles. The molecular weight excluding hydrogens is 440 g/mol. The van der Waals surface area contributed by atoms with Crippen LogP contribution in [0.5, 0.6) is 0 Å². The summed E-state index contributed by atoms with van der Waals surface area (Å²) in [5, 5.41) is 40.7. The van der Waals surface area contributed by atoms with Gasteiger partial charge in [-0.2, -0.15) is 0 Å². The van der Waals surface area contributed by atoms with Crippen LogP contribution >= 0.6 is 0 Å². The summed E-state index contributed by atoms with van der Waals surface area (Å²) in [6.45, 7) is 1.35. The van der Waals surface area contributed by atoms with Gasteiger partial charge in [0.2, 0.25) is 0 Å². The largest absolute Gasteiger partial charge is 0.481 e. The average Bonchev–Trinajstić information content (AvgIpc) is 2.73. The molecule has 13 heteroatoms. The third-order valence-electron chi connectivity index (χ3n) is 5.68. The number of benzene rings is 1. The summed E-state index contributed by atoms with van der Waals surface area (Å²) in [5.74, 6) is -4.47. The zero-order valence-corrected chi connectivity index (χ0v) is 17.8. The van der Waals surface area contributed by atoms with E-state index in [0.29, 0.717) is 25.7 Å². The molecule has 1 aliphatic rings. The van der Waals surface area contributed by atoms with Crippen LogP contribution in [0.25, 0.3) is 0 Å². The first-order valence-electron chi connectivity index (χ1n) is 10.1. The normalized spacial score (nSPS) is 20.2. The van der Waals surface area contributed by atoms with Crippen LogP contribution in [0, 0.1) is 25.6 Å². The lowest BCUT2D eigenvalue weighted by Crippen LogP contribution is -2.48. The maximum Gasteiger partial charge on any atom is 0.335 e. The van der Waals surface area contributed by atoms with Crippen molar-refractivity contribution in [2.45, 2.75) is 44.9 Å². The summed E-state index contributed by atoms with van der Waals surface area (Å²) in [4.78, 5) is 53.8. The van der Waals surface area contributed by atoms with Crippen molar-refractivity contribution in [1.82, 2.24) is 0 Å². The number of nitro benzene ring substituents is 1. The number of rotatable bonds is 12. The van der Waals surface area contributed by atoms with Gasteiger partial charge in [-0.1, -0.05) is 31.4 Å². The maximum atomic E-state index is 12.6. The van der Waals surface area contributed by atoms with Crippen molar-refractivity contribution in [3.05, 3.63) is 61.5 Å². The Labute approximate surface area is 187 Å². The van der Waals surface area contributed by atoms with Crippen LogP contribution in [-0.2, 0) is 14.4 Å². The molecule has 0 spiro atoms. The van der Waals surface area contributed by atoms with Crippen molar-refractivity contribution in [3.63, 3.8) is 0 Å². The molecular formula is C20H24N4O9. The predicted molar refractivity (Wildman–Crippen MR) is 114 cm³/mol. The molecule has 2 rings (SSSR count). The molecule has 1 aromatic rings. The Hall–Kier alpha value is -4.03. The number of nitrogens with zero attached hydrogens (tertiary/aromatic N) is 3. The summed E-state index contributed by atoms with van der Waals surface area (Å²) in [7, 11) is 0. The van der Waals surface area contributed by atoms with Gasteiger partial charge in [-0.15, -0.1) is 10.1 Å². The molecule has 0 saturated heterocycles. The third-order valence-corrected chi connectivity index (χ3v) is 5.68. The molecule has 1 aliphatic heterocycles. The first-order valence-corrected chi connectivity index (χ1v) is 10.1. The predicted octanol–water partition coefficient (Wildman–Crippen LogP) is 2.64. The number of carboxylic acid groups (broad SMARTS) is 2. The molecule has 0 aromatic heterocycles. The molecule has 1 aromatic carbocycles.